The molecule has 4 rings (SSSR count). The molecule has 6 nitrogen and oxygen atoms in total. The number of hydrogen-bond acceptors (Lipinski definition) is 4. The second-order valence-electron chi connectivity index (χ2n) is 9.71. The molecule has 0 aliphatic carbocycles. The molecule has 1 fully saturated rings. The van der Waals surface area contributed by atoms with Crippen LogP contribution in [0.25, 0.3) is 11.1 Å². The minimum atomic E-state index is -4.77. The lowest BCUT2D eigenvalue weighted by Crippen LogP contribution is -2.44. The maximum Gasteiger partial charge on any atom is 0.416 e. The van der Waals surface area contributed by atoms with E-state index in [1.165, 1.54) is 4.90 Å². The Bertz CT molecular complexity index is 1390. The highest BCUT2D eigenvalue weighted by Gasteiger charge is 2.31. The fourth-order valence-corrected chi connectivity index (χ4v) is 4.62. The molecule has 0 atom stereocenters. The average Bonchev–Trinajstić information content (AvgIpc) is 3.43. The monoisotopic (exact) mass is 552 g/mol. The van der Waals surface area contributed by atoms with Gasteiger partial charge in [-0.2, -0.15) is 18.4 Å². The molecule has 0 saturated carbocycles. The molecule has 1 heterocycles. The number of nitrogens with zero attached hydrogens (tertiary/aromatic N) is 3. The zero-order valence-corrected chi connectivity index (χ0v) is 21.7. The highest BCUT2D eigenvalue weighted by atomic mass is 19.4. The zero-order valence-electron chi connectivity index (χ0n) is 21.7. The zero-order chi connectivity index (χ0) is 28.7. The molecule has 208 valence electrons. The van der Waals surface area contributed by atoms with Crippen molar-refractivity contribution in [1.82, 2.24) is 9.80 Å². The van der Waals surface area contributed by atoms with Gasteiger partial charge in [0.05, 0.1) is 30.3 Å². The van der Waals surface area contributed by atoms with Gasteiger partial charge < -0.3 is 10.2 Å². The Morgan fingerprint density at radius 2 is 1.70 bits per heavy atom. The summed E-state index contributed by atoms with van der Waals surface area (Å²) in [5.41, 5.74) is 1.75. The van der Waals surface area contributed by atoms with Crippen molar-refractivity contribution in [3.8, 4) is 17.2 Å². The second kappa shape index (κ2) is 12.7. The normalized spacial score (nSPS) is 13.6. The smallest absolute Gasteiger partial charge is 0.332 e. The quantitative estimate of drug-likeness (QED) is 0.357. The molecule has 1 saturated heterocycles. The molecule has 0 radical (unpaired) electrons. The van der Waals surface area contributed by atoms with E-state index in [-0.39, 0.29) is 31.2 Å². The fourth-order valence-electron chi connectivity index (χ4n) is 4.62. The maximum atomic E-state index is 13.8. The van der Waals surface area contributed by atoms with Crippen LogP contribution in [0.15, 0.2) is 66.7 Å². The molecular weight excluding hydrogens is 524 g/mol. The van der Waals surface area contributed by atoms with E-state index in [1.807, 2.05) is 41.3 Å². The standard InChI is InChI=1S/C30H28F4N4O2/c31-26-15-25(30(32,33)34)16-27(17-26)36-28(39)19-38(29(40)20-37-11-1-2-12-37)13-10-21-6-8-23(9-7-21)24-5-3-4-22(14-24)18-35/h3-9,14-17H,1-2,10-13,19-20H2,(H,36,39). The van der Waals surface area contributed by atoms with E-state index in [4.69, 9.17) is 5.26 Å². The summed E-state index contributed by atoms with van der Waals surface area (Å²) in [6, 6.07) is 18.8. The number of amides is 2. The molecule has 40 heavy (non-hydrogen) atoms. The van der Waals surface area contributed by atoms with Crippen LogP contribution in [-0.4, -0.2) is 54.3 Å². The number of likely N-dealkylation sites (tertiary alicyclic amines) is 1. The molecule has 0 bridgehead atoms. The van der Waals surface area contributed by atoms with Crippen molar-refractivity contribution >= 4 is 17.5 Å². The van der Waals surface area contributed by atoms with Gasteiger partial charge in [-0.25, -0.2) is 4.39 Å². The average molecular weight is 553 g/mol. The third kappa shape index (κ3) is 7.90. The topological polar surface area (TPSA) is 76.4 Å². The Balaban J connectivity index is 1.44. The Hall–Kier alpha value is -4.23. The van der Waals surface area contributed by atoms with Crippen LogP contribution in [-0.2, 0) is 22.2 Å². The number of carbonyl (C=O) groups is 2. The number of nitriles is 1. The van der Waals surface area contributed by atoms with E-state index >= 15 is 0 Å². The van der Waals surface area contributed by atoms with Crippen LogP contribution in [0, 0.1) is 17.1 Å². The lowest BCUT2D eigenvalue weighted by Gasteiger charge is -2.25. The lowest BCUT2D eigenvalue weighted by molar-refractivity contribution is -0.137. The first kappa shape index (κ1) is 28.8. The minimum Gasteiger partial charge on any atom is -0.332 e. The Kier molecular flexibility index (Phi) is 9.17. The number of carbonyl (C=O) groups excluding carboxylic acids is 2. The van der Waals surface area contributed by atoms with Crippen LogP contribution in [0.2, 0.25) is 0 Å². The van der Waals surface area contributed by atoms with E-state index in [1.54, 1.807) is 12.1 Å². The summed E-state index contributed by atoms with van der Waals surface area (Å²) in [5.74, 6) is -2.12. The summed E-state index contributed by atoms with van der Waals surface area (Å²) in [5, 5.41) is 11.4. The number of rotatable bonds is 9. The molecular formula is C30H28F4N4O2. The first-order valence-corrected chi connectivity index (χ1v) is 12.9. The van der Waals surface area contributed by atoms with Gasteiger partial charge in [0.1, 0.15) is 5.82 Å². The van der Waals surface area contributed by atoms with Crippen molar-refractivity contribution in [2.75, 3.05) is 38.0 Å². The Morgan fingerprint density at radius 1 is 0.975 bits per heavy atom. The summed E-state index contributed by atoms with van der Waals surface area (Å²) in [4.78, 5) is 29.2. The van der Waals surface area contributed by atoms with Crippen molar-refractivity contribution in [3.05, 3.63) is 89.2 Å². The predicted molar refractivity (Wildman–Crippen MR) is 143 cm³/mol. The van der Waals surface area contributed by atoms with Crippen molar-refractivity contribution in [3.63, 3.8) is 0 Å². The van der Waals surface area contributed by atoms with E-state index < -0.39 is 23.5 Å². The molecule has 1 N–H and O–H groups in total. The first-order valence-electron chi connectivity index (χ1n) is 12.9. The maximum absolute atomic E-state index is 13.8. The van der Waals surface area contributed by atoms with Crippen LogP contribution in [0.1, 0.15) is 29.5 Å². The van der Waals surface area contributed by atoms with Crippen molar-refractivity contribution in [2.24, 2.45) is 0 Å². The van der Waals surface area contributed by atoms with E-state index in [2.05, 4.69) is 11.4 Å². The molecule has 1 aliphatic heterocycles. The molecule has 3 aromatic rings. The molecule has 0 aromatic heterocycles. The van der Waals surface area contributed by atoms with Gasteiger partial charge in [-0.05, 0) is 79.4 Å². The van der Waals surface area contributed by atoms with Gasteiger partial charge in [-0.15, -0.1) is 0 Å². The van der Waals surface area contributed by atoms with Crippen LogP contribution in [0.5, 0.6) is 0 Å². The van der Waals surface area contributed by atoms with Gasteiger partial charge >= 0.3 is 6.18 Å². The van der Waals surface area contributed by atoms with Crippen LogP contribution >= 0.6 is 0 Å². The van der Waals surface area contributed by atoms with Crippen LogP contribution < -0.4 is 5.32 Å². The Labute approximate surface area is 229 Å². The van der Waals surface area contributed by atoms with Crippen molar-refractivity contribution in [2.45, 2.75) is 25.4 Å². The van der Waals surface area contributed by atoms with E-state index in [0.717, 1.165) is 48.7 Å². The summed E-state index contributed by atoms with van der Waals surface area (Å²) < 4.78 is 53.0. The fraction of sp³-hybridized carbons (Fsp3) is 0.300. The van der Waals surface area contributed by atoms with E-state index in [0.29, 0.717) is 24.1 Å². The van der Waals surface area contributed by atoms with Gasteiger partial charge in [-0.1, -0.05) is 36.4 Å². The molecule has 3 aromatic carbocycles. The molecule has 1 aliphatic rings. The third-order valence-electron chi connectivity index (χ3n) is 6.70. The van der Waals surface area contributed by atoms with Gasteiger partial charge in [0.25, 0.3) is 0 Å². The number of nitrogens with one attached hydrogen (secondary N) is 1. The second-order valence-corrected chi connectivity index (χ2v) is 9.71. The third-order valence-corrected chi connectivity index (χ3v) is 6.70. The van der Waals surface area contributed by atoms with E-state index in [9.17, 15) is 27.2 Å². The van der Waals surface area contributed by atoms with Crippen molar-refractivity contribution in [1.29, 1.82) is 5.26 Å². The summed E-state index contributed by atoms with van der Waals surface area (Å²) in [6.45, 7) is 1.52. The SMILES string of the molecule is N#Cc1cccc(-c2ccc(CCN(CC(=O)Nc3cc(F)cc(C(F)(F)F)c3)C(=O)CN3CCCC3)cc2)c1. The van der Waals surface area contributed by atoms with Gasteiger partial charge in [0, 0.05) is 12.2 Å². The summed E-state index contributed by atoms with van der Waals surface area (Å²) in [6.07, 6.45) is -2.36. The number of halogens is 4. The largest absolute Gasteiger partial charge is 0.416 e. The summed E-state index contributed by atoms with van der Waals surface area (Å²) >= 11 is 0. The van der Waals surface area contributed by atoms with Gasteiger partial charge in [0.15, 0.2) is 0 Å². The van der Waals surface area contributed by atoms with Crippen LogP contribution in [0.3, 0.4) is 0 Å². The number of anilines is 1. The first-order chi connectivity index (χ1) is 19.1. The van der Waals surface area contributed by atoms with Gasteiger partial charge in [0.2, 0.25) is 11.8 Å². The lowest BCUT2D eigenvalue weighted by atomic mass is 10.0. The van der Waals surface area contributed by atoms with Crippen molar-refractivity contribution < 1.29 is 27.2 Å². The number of hydrogen-bond donors (Lipinski definition) is 1. The Morgan fingerprint density at radius 3 is 2.38 bits per heavy atom. The highest BCUT2D eigenvalue weighted by Crippen LogP contribution is 2.31. The molecule has 0 unspecified atom stereocenters. The number of benzene rings is 3. The molecule has 0 spiro atoms. The van der Waals surface area contributed by atoms with Gasteiger partial charge in [-0.3, -0.25) is 14.5 Å². The minimum absolute atomic E-state index is 0.139. The highest BCUT2D eigenvalue weighted by molar-refractivity contribution is 5.94. The van der Waals surface area contributed by atoms with Crippen LogP contribution in [0.4, 0.5) is 23.2 Å². The molecule has 10 heteroatoms. The molecule has 2 amide bonds. The predicted octanol–water partition coefficient (Wildman–Crippen LogP) is 5.49. The number of alkyl halides is 3. The summed E-state index contributed by atoms with van der Waals surface area (Å²) in [7, 11) is 0.